The molecule has 1 aromatic heterocycles. The van der Waals surface area contributed by atoms with E-state index in [9.17, 15) is 4.79 Å². The highest BCUT2D eigenvalue weighted by Gasteiger charge is 2.25. The van der Waals surface area contributed by atoms with Crippen molar-refractivity contribution in [3.8, 4) is 0 Å². The molecule has 7 nitrogen and oxygen atoms in total. The van der Waals surface area contributed by atoms with Crippen molar-refractivity contribution in [3.05, 3.63) is 17.0 Å². The van der Waals surface area contributed by atoms with Crippen molar-refractivity contribution >= 4 is 23.3 Å². The number of fused-ring (bicyclic) bond motifs is 1. The van der Waals surface area contributed by atoms with Crippen molar-refractivity contribution in [1.29, 1.82) is 0 Å². The zero-order chi connectivity index (χ0) is 11.7. The summed E-state index contributed by atoms with van der Waals surface area (Å²) in [7, 11) is 0. The van der Waals surface area contributed by atoms with Crippen LogP contribution in [0.5, 0.6) is 0 Å². The normalized spacial score (nSPS) is 14.4. The van der Waals surface area contributed by atoms with E-state index in [0.29, 0.717) is 24.6 Å². The molecule has 0 aliphatic carbocycles. The number of aromatic nitrogens is 2. The van der Waals surface area contributed by atoms with E-state index in [2.05, 4.69) is 21.5 Å². The molecule has 2 rings (SSSR count). The van der Waals surface area contributed by atoms with Crippen molar-refractivity contribution in [2.75, 3.05) is 6.54 Å². The van der Waals surface area contributed by atoms with Crippen molar-refractivity contribution in [2.24, 2.45) is 0 Å². The van der Waals surface area contributed by atoms with Gasteiger partial charge in [-0.1, -0.05) is 0 Å². The van der Waals surface area contributed by atoms with Crippen molar-refractivity contribution in [3.63, 3.8) is 0 Å². The average molecular weight is 242 g/mol. The molecule has 16 heavy (non-hydrogen) atoms. The lowest BCUT2D eigenvalue weighted by Gasteiger charge is -2.27. The molecule has 0 saturated carbocycles. The predicted molar refractivity (Wildman–Crippen MR) is 58.3 cm³/mol. The van der Waals surface area contributed by atoms with E-state index < -0.39 is 5.97 Å². The van der Waals surface area contributed by atoms with Gasteiger partial charge in [-0.2, -0.15) is 5.10 Å². The number of hydrogen-bond donors (Lipinski definition) is 4. The first-order chi connectivity index (χ1) is 7.63. The molecule has 2 heterocycles. The maximum atomic E-state index is 10.9. The molecule has 86 valence electrons. The maximum absolute atomic E-state index is 10.9. The van der Waals surface area contributed by atoms with E-state index in [1.165, 1.54) is 0 Å². The van der Waals surface area contributed by atoms with Crippen LogP contribution >= 0.6 is 12.2 Å². The highest BCUT2D eigenvalue weighted by molar-refractivity contribution is 7.80. The van der Waals surface area contributed by atoms with Gasteiger partial charge in [0.1, 0.15) is 0 Å². The zero-order valence-corrected chi connectivity index (χ0v) is 9.30. The van der Waals surface area contributed by atoms with Gasteiger partial charge >= 0.3 is 5.97 Å². The summed E-state index contributed by atoms with van der Waals surface area (Å²) in [6, 6.07) is 0. The van der Waals surface area contributed by atoms with Gasteiger partial charge < -0.3 is 10.0 Å². The molecule has 0 amide bonds. The van der Waals surface area contributed by atoms with Gasteiger partial charge in [0.05, 0.1) is 12.2 Å². The largest absolute Gasteiger partial charge is 0.476 e. The molecule has 1 aliphatic rings. The summed E-state index contributed by atoms with van der Waals surface area (Å²) < 4.78 is 0. The summed E-state index contributed by atoms with van der Waals surface area (Å²) in [5.41, 5.74) is 4.35. The lowest BCUT2D eigenvalue weighted by molar-refractivity contribution is -0.420. The highest BCUT2D eigenvalue weighted by atomic mass is 32.1. The van der Waals surface area contributed by atoms with Gasteiger partial charge in [-0.3, -0.25) is 10.9 Å². The lowest BCUT2D eigenvalue weighted by Crippen LogP contribution is -2.69. The second-order valence-corrected chi connectivity index (χ2v) is 3.87. The minimum absolute atomic E-state index is 0.114. The van der Waals surface area contributed by atoms with E-state index >= 15 is 0 Å². The third-order valence-electron chi connectivity index (χ3n) is 2.57. The molecule has 8 heteroatoms. The number of nitrogens with zero attached hydrogens (tertiary/aromatic N) is 2. The molecule has 6 N–H and O–H groups in total. The van der Waals surface area contributed by atoms with Crippen LogP contribution in [0, 0.1) is 0 Å². The molecule has 1 aliphatic heterocycles. The number of quaternary nitrogens is 1. The summed E-state index contributed by atoms with van der Waals surface area (Å²) >= 11 is 5.06. The minimum Gasteiger partial charge on any atom is -0.476 e. The molecule has 0 saturated heterocycles. The summed E-state index contributed by atoms with van der Waals surface area (Å²) in [6.07, 6.45) is 0.620. The Labute approximate surface area is 96.6 Å². The predicted octanol–water partition coefficient (Wildman–Crippen LogP) is -1.50. The molecule has 0 spiro atoms. The summed E-state index contributed by atoms with van der Waals surface area (Å²) in [5.74, 6) is 2.50. The van der Waals surface area contributed by atoms with Crippen LogP contribution < -0.4 is 11.3 Å². The van der Waals surface area contributed by atoms with Crippen LogP contribution in [0.4, 0.5) is 0 Å². The number of thiocarbonyl (C=S) groups is 1. The summed E-state index contributed by atoms with van der Waals surface area (Å²) in [4.78, 5) is 12.8. The number of carboxylic acid groups (broad SMARTS) is 1. The number of rotatable bonds is 1. The smallest absolute Gasteiger partial charge is 0.356 e. The number of aromatic amines is 1. The van der Waals surface area contributed by atoms with Crippen LogP contribution in [0.3, 0.4) is 0 Å². The first-order valence-corrected chi connectivity index (χ1v) is 5.15. The third-order valence-corrected chi connectivity index (χ3v) is 2.98. The van der Waals surface area contributed by atoms with Crippen molar-refractivity contribution in [2.45, 2.75) is 13.0 Å². The van der Waals surface area contributed by atoms with Crippen molar-refractivity contribution < 1.29 is 15.7 Å². The second kappa shape index (κ2) is 4.06. The van der Waals surface area contributed by atoms with Crippen LogP contribution in [0.15, 0.2) is 0 Å². The molecule has 0 fully saturated rings. The van der Waals surface area contributed by atoms with Gasteiger partial charge in [0.25, 0.3) is 0 Å². The second-order valence-electron chi connectivity index (χ2n) is 3.49. The molecule has 0 aromatic carbocycles. The first kappa shape index (κ1) is 10.8. The summed E-state index contributed by atoms with van der Waals surface area (Å²) in [5, 5.41) is 16.0. The number of hydrogen-bond acceptors (Lipinski definition) is 3. The van der Waals surface area contributed by atoms with Crippen LogP contribution in [0.25, 0.3) is 0 Å². The Kier molecular flexibility index (Phi) is 2.75. The van der Waals surface area contributed by atoms with Gasteiger partial charge in [-0.25, -0.2) is 10.2 Å². The fourth-order valence-corrected chi connectivity index (χ4v) is 1.94. The molecule has 0 atom stereocenters. The Morgan fingerprint density at radius 2 is 2.44 bits per heavy atom. The number of H-pyrrole nitrogens is 1. The molecule has 0 unspecified atom stereocenters. The molecular weight excluding hydrogens is 230 g/mol. The first-order valence-electron chi connectivity index (χ1n) is 4.75. The van der Waals surface area contributed by atoms with Gasteiger partial charge in [-0.15, -0.1) is 0 Å². The van der Waals surface area contributed by atoms with E-state index in [4.69, 9.17) is 17.3 Å². The van der Waals surface area contributed by atoms with Crippen LogP contribution in [-0.2, 0) is 13.0 Å². The molecular formula is C8H12N5O2S+. The Morgan fingerprint density at radius 1 is 1.69 bits per heavy atom. The topological polar surface area (TPSA) is 109 Å². The fourth-order valence-electron chi connectivity index (χ4n) is 1.78. The zero-order valence-electron chi connectivity index (χ0n) is 8.49. The van der Waals surface area contributed by atoms with E-state index in [1.54, 1.807) is 0 Å². The Bertz CT molecular complexity index is 444. The van der Waals surface area contributed by atoms with E-state index in [-0.39, 0.29) is 5.69 Å². The minimum atomic E-state index is -0.996. The van der Waals surface area contributed by atoms with Crippen LogP contribution in [-0.4, -0.2) is 37.8 Å². The molecule has 0 radical (unpaired) electrons. The highest BCUT2D eigenvalue weighted by Crippen LogP contribution is 2.19. The van der Waals surface area contributed by atoms with Gasteiger partial charge in [0.15, 0.2) is 5.69 Å². The Morgan fingerprint density at radius 3 is 3.06 bits per heavy atom. The number of carbonyl (C=O) groups is 1. The standard InChI is InChI=1S/C8H11N5O2S/c9-10-8(16)13-2-1-4-5(3-13)11-12-6(4)7(14)15/h1-3,9H2,(H,10,16)(H,11,12)(H,14,15)/p+1. The quantitative estimate of drug-likeness (QED) is 0.352. The maximum Gasteiger partial charge on any atom is 0.356 e. The number of carboxylic acids is 1. The number of aromatic carboxylic acids is 1. The van der Waals surface area contributed by atoms with E-state index in [0.717, 1.165) is 11.3 Å². The van der Waals surface area contributed by atoms with E-state index in [1.807, 2.05) is 4.90 Å². The number of nitrogens with one attached hydrogen (secondary N) is 2. The lowest BCUT2D eigenvalue weighted by atomic mass is 10.1. The third kappa shape index (κ3) is 1.72. The molecule has 0 bridgehead atoms. The Balaban J connectivity index is 2.23. The van der Waals surface area contributed by atoms with Crippen LogP contribution in [0.2, 0.25) is 0 Å². The van der Waals surface area contributed by atoms with Gasteiger partial charge in [0, 0.05) is 12.1 Å². The van der Waals surface area contributed by atoms with Gasteiger partial charge in [-0.05, 0) is 18.6 Å². The summed E-state index contributed by atoms with van der Waals surface area (Å²) in [6.45, 7) is 1.21. The average Bonchev–Trinajstić information content (AvgIpc) is 2.70. The molecule has 1 aromatic rings. The van der Waals surface area contributed by atoms with Crippen molar-refractivity contribution in [1.82, 2.24) is 20.5 Å². The SMILES string of the molecule is [NH3+]NC(=S)N1CCc2c(C(=O)O)n[nH]c2C1. The Hall–Kier alpha value is -1.67. The fraction of sp³-hybridized carbons (Fsp3) is 0.375. The van der Waals surface area contributed by atoms with Gasteiger partial charge in [0.2, 0.25) is 5.11 Å². The monoisotopic (exact) mass is 242 g/mol. The van der Waals surface area contributed by atoms with Crippen LogP contribution in [0.1, 0.15) is 21.7 Å².